The largest absolute Gasteiger partial charge is 0.480 e. The van der Waals surface area contributed by atoms with Crippen molar-refractivity contribution in [3.8, 4) is 0 Å². The number of aliphatic hydroxyl groups is 1. The van der Waals surface area contributed by atoms with Crippen molar-refractivity contribution in [1.82, 2.24) is 9.47 Å². The lowest BCUT2D eigenvalue weighted by Crippen LogP contribution is -2.41. The first-order valence-corrected chi connectivity index (χ1v) is 5.91. The van der Waals surface area contributed by atoms with Crippen LogP contribution in [0.5, 0.6) is 0 Å². The average molecular weight is 252 g/mol. The standard InChI is InChI=1S/C12H16N2O4/c1-2-13-5-3-4-9(13)11(16)14-7-8(15)6-10(14)12(17)18/h3-5,8,10,15H,2,6-7H2,1H3,(H,17,18)/t8-,10+/m1/s1. The number of aryl methyl sites for hydroxylation is 1. The molecule has 2 atom stereocenters. The maximum atomic E-state index is 12.3. The van der Waals surface area contributed by atoms with Crippen LogP contribution in [0.25, 0.3) is 0 Å². The van der Waals surface area contributed by atoms with E-state index in [9.17, 15) is 14.7 Å². The predicted molar refractivity (Wildman–Crippen MR) is 63.2 cm³/mol. The van der Waals surface area contributed by atoms with E-state index in [0.717, 1.165) is 0 Å². The van der Waals surface area contributed by atoms with Crippen molar-refractivity contribution in [3.63, 3.8) is 0 Å². The molecule has 2 rings (SSSR count). The Hall–Kier alpha value is -1.82. The van der Waals surface area contributed by atoms with Gasteiger partial charge in [-0.3, -0.25) is 4.79 Å². The zero-order valence-electron chi connectivity index (χ0n) is 10.1. The summed E-state index contributed by atoms with van der Waals surface area (Å²) in [4.78, 5) is 24.6. The Kier molecular flexibility index (Phi) is 3.38. The molecule has 1 amide bonds. The molecule has 1 aromatic rings. The van der Waals surface area contributed by atoms with Gasteiger partial charge in [0.05, 0.1) is 6.10 Å². The molecule has 2 heterocycles. The van der Waals surface area contributed by atoms with Gasteiger partial charge in [-0.25, -0.2) is 4.79 Å². The monoisotopic (exact) mass is 252 g/mol. The van der Waals surface area contributed by atoms with Gasteiger partial charge >= 0.3 is 5.97 Å². The lowest BCUT2D eigenvalue weighted by atomic mass is 10.2. The third-order valence-electron chi connectivity index (χ3n) is 3.21. The molecule has 6 nitrogen and oxygen atoms in total. The molecule has 0 bridgehead atoms. The van der Waals surface area contributed by atoms with Crippen molar-refractivity contribution >= 4 is 11.9 Å². The number of likely N-dealkylation sites (tertiary alicyclic amines) is 1. The summed E-state index contributed by atoms with van der Waals surface area (Å²) in [5.74, 6) is -1.42. The summed E-state index contributed by atoms with van der Waals surface area (Å²) in [5, 5.41) is 18.6. The van der Waals surface area contributed by atoms with Crippen LogP contribution in [-0.2, 0) is 11.3 Å². The number of carbonyl (C=O) groups is 2. The molecular formula is C12H16N2O4. The number of hydrogen-bond acceptors (Lipinski definition) is 3. The fourth-order valence-corrected chi connectivity index (χ4v) is 2.30. The van der Waals surface area contributed by atoms with Gasteiger partial charge in [-0.05, 0) is 19.1 Å². The number of rotatable bonds is 3. The highest BCUT2D eigenvalue weighted by Crippen LogP contribution is 2.21. The first-order chi connectivity index (χ1) is 8.54. The topological polar surface area (TPSA) is 82.8 Å². The fraction of sp³-hybridized carbons (Fsp3) is 0.500. The number of aliphatic carboxylic acids is 1. The second kappa shape index (κ2) is 4.81. The normalized spacial score (nSPS) is 23.3. The first kappa shape index (κ1) is 12.6. The van der Waals surface area contributed by atoms with E-state index >= 15 is 0 Å². The molecule has 1 saturated heterocycles. The molecule has 1 aliphatic rings. The Labute approximate surface area is 104 Å². The van der Waals surface area contributed by atoms with Gasteiger partial charge in [0.15, 0.2) is 0 Å². The number of amides is 1. The second-order valence-corrected chi connectivity index (χ2v) is 4.38. The molecule has 6 heteroatoms. The molecular weight excluding hydrogens is 236 g/mol. The van der Waals surface area contributed by atoms with Gasteiger partial charge in [0, 0.05) is 25.7 Å². The summed E-state index contributed by atoms with van der Waals surface area (Å²) in [7, 11) is 0. The summed E-state index contributed by atoms with van der Waals surface area (Å²) in [6, 6.07) is 2.47. The number of carboxylic acids is 1. The van der Waals surface area contributed by atoms with Crippen molar-refractivity contribution in [2.45, 2.75) is 32.0 Å². The maximum Gasteiger partial charge on any atom is 0.326 e. The van der Waals surface area contributed by atoms with E-state index < -0.39 is 18.1 Å². The maximum absolute atomic E-state index is 12.3. The molecule has 1 fully saturated rings. The molecule has 0 aromatic carbocycles. The number of carbonyl (C=O) groups excluding carboxylic acids is 1. The highest BCUT2D eigenvalue weighted by atomic mass is 16.4. The summed E-state index contributed by atoms with van der Waals surface area (Å²) in [6.45, 7) is 2.62. The molecule has 1 aromatic heterocycles. The Bertz CT molecular complexity index is 468. The number of hydrogen-bond donors (Lipinski definition) is 2. The number of aromatic nitrogens is 1. The minimum Gasteiger partial charge on any atom is -0.480 e. The van der Waals surface area contributed by atoms with E-state index in [2.05, 4.69) is 0 Å². The van der Waals surface area contributed by atoms with Crippen LogP contribution in [0.1, 0.15) is 23.8 Å². The van der Waals surface area contributed by atoms with Crippen LogP contribution in [0.3, 0.4) is 0 Å². The van der Waals surface area contributed by atoms with Crippen LogP contribution < -0.4 is 0 Å². The Morgan fingerprint density at radius 1 is 1.50 bits per heavy atom. The third-order valence-corrected chi connectivity index (χ3v) is 3.21. The summed E-state index contributed by atoms with van der Waals surface area (Å²) >= 11 is 0. The number of carboxylic acid groups (broad SMARTS) is 1. The minimum atomic E-state index is -1.07. The van der Waals surface area contributed by atoms with Crippen LogP contribution in [0, 0.1) is 0 Å². The van der Waals surface area contributed by atoms with Crippen molar-refractivity contribution < 1.29 is 19.8 Å². The van der Waals surface area contributed by atoms with Crippen LogP contribution in [0.4, 0.5) is 0 Å². The van der Waals surface area contributed by atoms with E-state index in [1.54, 1.807) is 22.9 Å². The molecule has 18 heavy (non-hydrogen) atoms. The summed E-state index contributed by atoms with van der Waals surface area (Å²) in [5.41, 5.74) is 0.456. The predicted octanol–water partition coefficient (Wildman–Crippen LogP) is 0.168. The molecule has 0 radical (unpaired) electrons. The van der Waals surface area contributed by atoms with Crippen LogP contribution >= 0.6 is 0 Å². The molecule has 0 unspecified atom stereocenters. The molecule has 0 saturated carbocycles. The van der Waals surface area contributed by atoms with E-state index in [-0.39, 0.29) is 18.9 Å². The quantitative estimate of drug-likeness (QED) is 0.803. The van der Waals surface area contributed by atoms with E-state index in [0.29, 0.717) is 12.2 Å². The zero-order chi connectivity index (χ0) is 13.3. The lowest BCUT2D eigenvalue weighted by Gasteiger charge is -2.21. The number of β-amino-alcohol motifs (C(OH)–C–C–N with tert-alkyl or cyclic N) is 1. The molecule has 0 aliphatic carbocycles. The van der Waals surface area contributed by atoms with Gasteiger partial charge in [-0.1, -0.05) is 0 Å². The van der Waals surface area contributed by atoms with E-state index in [1.165, 1.54) is 4.90 Å². The average Bonchev–Trinajstić information content (AvgIpc) is 2.93. The lowest BCUT2D eigenvalue weighted by molar-refractivity contribution is -0.141. The Morgan fingerprint density at radius 2 is 2.22 bits per heavy atom. The molecule has 1 aliphatic heterocycles. The van der Waals surface area contributed by atoms with Crippen LogP contribution in [0.2, 0.25) is 0 Å². The zero-order valence-corrected chi connectivity index (χ0v) is 10.1. The van der Waals surface area contributed by atoms with Crippen LogP contribution in [-0.4, -0.2) is 50.2 Å². The number of aliphatic hydroxyl groups excluding tert-OH is 1. The Balaban J connectivity index is 2.25. The summed E-state index contributed by atoms with van der Waals surface area (Å²) < 4.78 is 1.76. The molecule has 2 N–H and O–H groups in total. The van der Waals surface area contributed by atoms with E-state index in [1.807, 2.05) is 6.92 Å². The molecule has 98 valence electrons. The minimum absolute atomic E-state index is 0.0741. The summed E-state index contributed by atoms with van der Waals surface area (Å²) in [6.07, 6.45) is 1.10. The van der Waals surface area contributed by atoms with Crippen molar-refractivity contribution in [3.05, 3.63) is 24.0 Å². The van der Waals surface area contributed by atoms with Crippen molar-refractivity contribution in [1.29, 1.82) is 0 Å². The van der Waals surface area contributed by atoms with E-state index in [4.69, 9.17) is 5.11 Å². The number of nitrogens with zero attached hydrogens (tertiary/aromatic N) is 2. The van der Waals surface area contributed by atoms with Gasteiger partial charge < -0.3 is 19.7 Å². The van der Waals surface area contributed by atoms with Gasteiger partial charge in [-0.15, -0.1) is 0 Å². The SMILES string of the molecule is CCn1cccc1C(=O)N1C[C@H](O)C[C@H]1C(=O)O. The van der Waals surface area contributed by atoms with Crippen molar-refractivity contribution in [2.24, 2.45) is 0 Å². The van der Waals surface area contributed by atoms with Gasteiger partial charge in [0.25, 0.3) is 5.91 Å². The highest BCUT2D eigenvalue weighted by molar-refractivity contribution is 5.95. The van der Waals surface area contributed by atoms with Crippen LogP contribution in [0.15, 0.2) is 18.3 Å². The second-order valence-electron chi connectivity index (χ2n) is 4.38. The smallest absolute Gasteiger partial charge is 0.326 e. The first-order valence-electron chi connectivity index (χ1n) is 5.91. The molecule has 0 spiro atoms. The fourth-order valence-electron chi connectivity index (χ4n) is 2.30. The van der Waals surface area contributed by atoms with Gasteiger partial charge in [-0.2, -0.15) is 0 Å². The van der Waals surface area contributed by atoms with Crippen molar-refractivity contribution in [2.75, 3.05) is 6.54 Å². The van der Waals surface area contributed by atoms with Gasteiger partial charge in [0.1, 0.15) is 11.7 Å². The van der Waals surface area contributed by atoms with Gasteiger partial charge in [0.2, 0.25) is 0 Å². The third kappa shape index (κ3) is 2.11. The highest BCUT2D eigenvalue weighted by Gasteiger charge is 2.39. The Morgan fingerprint density at radius 3 is 2.83 bits per heavy atom.